The number of para-hydroxylation sites is 2. The summed E-state index contributed by atoms with van der Waals surface area (Å²) in [7, 11) is 1.87. The SMILES string of the molecule is Cc1ccccc1NC(=O)c1ccnc(N(C)c2ccccc2)n1. The minimum atomic E-state index is -0.255. The van der Waals surface area contributed by atoms with Crippen LogP contribution < -0.4 is 10.2 Å². The van der Waals surface area contributed by atoms with E-state index >= 15 is 0 Å². The maximum atomic E-state index is 12.5. The minimum Gasteiger partial charge on any atom is -0.320 e. The number of carbonyl (C=O) groups excluding carboxylic acids is 1. The largest absolute Gasteiger partial charge is 0.320 e. The van der Waals surface area contributed by atoms with Crippen molar-refractivity contribution in [2.75, 3.05) is 17.3 Å². The lowest BCUT2D eigenvalue weighted by atomic mass is 10.2. The predicted molar refractivity (Wildman–Crippen MR) is 95.7 cm³/mol. The number of aromatic nitrogens is 2. The van der Waals surface area contributed by atoms with Gasteiger partial charge in [0.15, 0.2) is 0 Å². The van der Waals surface area contributed by atoms with Crippen LogP contribution in [0.2, 0.25) is 0 Å². The van der Waals surface area contributed by atoms with Gasteiger partial charge in [-0.05, 0) is 36.8 Å². The molecule has 3 aromatic rings. The summed E-state index contributed by atoms with van der Waals surface area (Å²) in [6, 6.07) is 19.0. The average Bonchev–Trinajstić information content (AvgIpc) is 2.64. The molecule has 1 heterocycles. The molecule has 3 rings (SSSR count). The number of hydrogen-bond donors (Lipinski definition) is 1. The number of rotatable bonds is 4. The van der Waals surface area contributed by atoms with Crippen molar-refractivity contribution in [1.82, 2.24) is 9.97 Å². The van der Waals surface area contributed by atoms with E-state index in [4.69, 9.17) is 0 Å². The van der Waals surface area contributed by atoms with Crippen molar-refractivity contribution in [2.45, 2.75) is 6.92 Å². The maximum absolute atomic E-state index is 12.5. The Hall–Kier alpha value is -3.21. The van der Waals surface area contributed by atoms with Gasteiger partial charge in [0.2, 0.25) is 5.95 Å². The third-order valence-electron chi connectivity index (χ3n) is 3.71. The number of anilines is 3. The Kier molecular flexibility index (Phi) is 4.52. The first kappa shape index (κ1) is 15.7. The first-order valence-corrected chi connectivity index (χ1v) is 7.64. The van der Waals surface area contributed by atoms with E-state index < -0.39 is 0 Å². The summed E-state index contributed by atoms with van der Waals surface area (Å²) in [5.41, 5.74) is 3.06. The van der Waals surface area contributed by atoms with E-state index in [1.807, 2.05) is 73.5 Å². The highest BCUT2D eigenvalue weighted by Crippen LogP contribution is 2.20. The summed E-state index contributed by atoms with van der Waals surface area (Å²) in [6.45, 7) is 1.95. The number of benzene rings is 2. The number of aryl methyl sites for hydroxylation is 1. The van der Waals surface area contributed by atoms with Crippen LogP contribution in [-0.4, -0.2) is 22.9 Å². The van der Waals surface area contributed by atoms with Gasteiger partial charge in [-0.2, -0.15) is 0 Å². The lowest BCUT2D eigenvalue weighted by Gasteiger charge is -2.17. The molecule has 0 unspecified atom stereocenters. The minimum absolute atomic E-state index is 0.255. The summed E-state index contributed by atoms with van der Waals surface area (Å²) in [5, 5.41) is 2.88. The van der Waals surface area contributed by atoms with E-state index in [1.54, 1.807) is 12.3 Å². The number of carbonyl (C=O) groups is 1. The molecule has 0 saturated heterocycles. The van der Waals surface area contributed by atoms with Crippen LogP contribution in [0.1, 0.15) is 16.1 Å². The first-order chi connectivity index (χ1) is 11.6. The molecule has 0 aliphatic rings. The van der Waals surface area contributed by atoms with Gasteiger partial charge in [-0.1, -0.05) is 36.4 Å². The van der Waals surface area contributed by atoms with Crippen molar-refractivity contribution in [3.8, 4) is 0 Å². The molecule has 0 aliphatic carbocycles. The van der Waals surface area contributed by atoms with Gasteiger partial charge < -0.3 is 10.2 Å². The maximum Gasteiger partial charge on any atom is 0.274 e. The average molecular weight is 318 g/mol. The lowest BCUT2D eigenvalue weighted by Crippen LogP contribution is -2.18. The predicted octanol–water partition coefficient (Wildman–Crippen LogP) is 3.81. The Morgan fingerprint density at radius 3 is 2.46 bits per heavy atom. The monoisotopic (exact) mass is 318 g/mol. The van der Waals surface area contributed by atoms with Crippen LogP contribution in [0.5, 0.6) is 0 Å². The molecule has 1 amide bonds. The van der Waals surface area contributed by atoms with Crippen molar-refractivity contribution in [3.05, 3.63) is 78.1 Å². The van der Waals surface area contributed by atoms with Crippen molar-refractivity contribution in [2.24, 2.45) is 0 Å². The van der Waals surface area contributed by atoms with Crippen molar-refractivity contribution >= 4 is 23.2 Å². The number of amides is 1. The van der Waals surface area contributed by atoms with Gasteiger partial charge in [0, 0.05) is 24.6 Å². The highest BCUT2D eigenvalue weighted by Gasteiger charge is 2.13. The Bertz CT molecular complexity index is 849. The number of hydrogen-bond acceptors (Lipinski definition) is 4. The van der Waals surface area contributed by atoms with Crippen molar-refractivity contribution in [1.29, 1.82) is 0 Å². The molecule has 120 valence electrons. The molecule has 0 atom stereocenters. The fourth-order valence-electron chi connectivity index (χ4n) is 2.30. The standard InChI is InChI=1S/C19H18N4O/c1-14-8-6-7-11-16(14)21-18(24)17-12-13-20-19(22-17)23(2)15-9-4-3-5-10-15/h3-13H,1-2H3,(H,21,24). The van der Waals surface area contributed by atoms with Gasteiger partial charge >= 0.3 is 0 Å². The molecular formula is C19H18N4O. The normalized spacial score (nSPS) is 10.2. The zero-order valence-corrected chi connectivity index (χ0v) is 13.6. The van der Waals surface area contributed by atoms with E-state index in [9.17, 15) is 4.79 Å². The Labute approximate surface area is 141 Å². The number of nitrogens with zero attached hydrogens (tertiary/aromatic N) is 3. The molecule has 0 spiro atoms. The van der Waals surface area contributed by atoms with Crippen LogP contribution in [0.25, 0.3) is 0 Å². The van der Waals surface area contributed by atoms with Crippen LogP contribution in [0, 0.1) is 6.92 Å². The van der Waals surface area contributed by atoms with Gasteiger partial charge in [0.1, 0.15) is 5.69 Å². The van der Waals surface area contributed by atoms with Crippen molar-refractivity contribution in [3.63, 3.8) is 0 Å². The first-order valence-electron chi connectivity index (χ1n) is 7.64. The van der Waals surface area contributed by atoms with Crippen molar-refractivity contribution < 1.29 is 4.79 Å². The van der Waals surface area contributed by atoms with Crippen LogP contribution in [0.4, 0.5) is 17.3 Å². The molecule has 0 aliphatic heterocycles. The van der Waals surface area contributed by atoms with Gasteiger partial charge in [-0.15, -0.1) is 0 Å². The Morgan fingerprint density at radius 2 is 1.71 bits per heavy atom. The highest BCUT2D eigenvalue weighted by molar-refractivity contribution is 6.03. The molecule has 0 fully saturated rings. The second kappa shape index (κ2) is 6.91. The molecule has 24 heavy (non-hydrogen) atoms. The molecule has 1 N–H and O–H groups in total. The Balaban J connectivity index is 1.83. The third-order valence-corrected chi connectivity index (χ3v) is 3.71. The zero-order valence-electron chi connectivity index (χ0n) is 13.6. The molecule has 2 aromatic carbocycles. The summed E-state index contributed by atoms with van der Waals surface area (Å²) in [6.07, 6.45) is 1.59. The van der Waals surface area contributed by atoms with E-state index in [0.717, 1.165) is 16.9 Å². The van der Waals surface area contributed by atoms with Gasteiger partial charge in [0.25, 0.3) is 5.91 Å². The fourth-order valence-corrected chi connectivity index (χ4v) is 2.30. The molecule has 0 bridgehead atoms. The van der Waals surface area contributed by atoms with Gasteiger partial charge in [-0.3, -0.25) is 4.79 Å². The zero-order chi connectivity index (χ0) is 16.9. The van der Waals surface area contributed by atoms with Crippen LogP contribution >= 0.6 is 0 Å². The quantitative estimate of drug-likeness (QED) is 0.795. The van der Waals surface area contributed by atoms with E-state index in [2.05, 4.69) is 15.3 Å². The van der Waals surface area contributed by atoms with Gasteiger partial charge in [-0.25, -0.2) is 9.97 Å². The summed E-state index contributed by atoms with van der Waals surface area (Å²) in [5.74, 6) is 0.216. The topological polar surface area (TPSA) is 58.1 Å². The van der Waals surface area contributed by atoms with E-state index in [1.165, 1.54) is 0 Å². The third kappa shape index (κ3) is 3.41. The smallest absolute Gasteiger partial charge is 0.274 e. The fraction of sp³-hybridized carbons (Fsp3) is 0.105. The molecule has 0 radical (unpaired) electrons. The van der Waals surface area contributed by atoms with E-state index in [0.29, 0.717) is 11.6 Å². The Morgan fingerprint density at radius 1 is 1.00 bits per heavy atom. The molecule has 5 heteroatoms. The lowest BCUT2D eigenvalue weighted by molar-refractivity contribution is 0.102. The van der Waals surface area contributed by atoms with Gasteiger partial charge in [0.05, 0.1) is 0 Å². The second-order valence-electron chi connectivity index (χ2n) is 5.41. The molecular weight excluding hydrogens is 300 g/mol. The molecule has 5 nitrogen and oxygen atoms in total. The van der Waals surface area contributed by atoms with Crippen LogP contribution in [0.15, 0.2) is 66.9 Å². The summed E-state index contributed by atoms with van der Waals surface area (Å²) < 4.78 is 0. The second-order valence-corrected chi connectivity index (χ2v) is 5.41. The molecule has 0 saturated carbocycles. The summed E-state index contributed by atoms with van der Waals surface area (Å²) in [4.78, 5) is 22.9. The molecule has 1 aromatic heterocycles. The van der Waals surface area contributed by atoms with Crippen LogP contribution in [-0.2, 0) is 0 Å². The number of nitrogens with one attached hydrogen (secondary N) is 1. The highest BCUT2D eigenvalue weighted by atomic mass is 16.1. The summed E-state index contributed by atoms with van der Waals surface area (Å²) >= 11 is 0. The van der Waals surface area contributed by atoms with Crippen LogP contribution in [0.3, 0.4) is 0 Å². The van der Waals surface area contributed by atoms with E-state index in [-0.39, 0.29) is 5.91 Å².